The summed E-state index contributed by atoms with van der Waals surface area (Å²) in [6, 6.07) is 12.5. The van der Waals surface area contributed by atoms with E-state index in [4.69, 9.17) is 4.74 Å². The number of carbonyl (C=O) groups excluding carboxylic acids is 2. The Bertz CT molecular complexity index is 707. The molecule has 1 N–H and O–H groups in total. The molecular weight excluding hydrogens is 278 g/mol. The highest BCUT2D eigenvalue weighted by Gasteiger charge is 2.06. The number of hydrogen-bond donors (Lipinski definition) is 1. The van der Waals surface area contributed by atoms with E-state index in [0.29, 0.717) is 17.0 Å². The molecular formula is C18H19NO3. The van der Waals surface area contributed by atoms with E-state index in [1.54, 1.807) is 24.3 Å². The highest BCUT2D eigenvalue weighted by molar-refractivity contribution is 5.97. The quantitative estimate of drug-likeness (QED) is 0.859. The first-order chi connectivity index (χ1) is 10.5. The van der Waals surface area contributed by atoms with Gasteiger partial charge in [-0.2, -0.15) is 0 Å². The summed E-state index contributed by atoms with van der Waals surface area (Å²) in [5, 5.41) is 2.72. The molecule has 0 aromatic heterocycles. The van der Waals surface area contributed by atoms with E-state index in [1.165, 1.54) is 12.5 Å². The zero-order valence-electron chi connectivity index (χ0n) is 13.0. The molecule has 0 atom stereocenters. The molecule has 0 aliphatic heterocycles. The van der Waals surface area contributed by atoms with Crippen molar-refractivity contribution in [1.82, 2.24) is 0 Å². The van der Waals surface area contributed by atoms with Crippen molar-refractivity contribution in [2.24, 2.45) is 0 Å². The van der Waals surface area contributed by atoms with Gasteiger partial charge in [0.25, 0.3) is 5.91 Å². The fraction of sp³-hybridized carbons (Fsp3) is 0.222. The van der Waals surface area contributed by atoms with Crippen molar-refractivity contribution >= 4 is 17.4 Å². The van der Waals surface area contributed by atoms with Crippen molar-refractivity contribution in [3.05, 3.63) is 59.2 Å². The predicted molar refractivity (Wildman–Crippen MR) is 86.5 cm³/mol. The van der Waals surface area contributed by atoms with Crippen molar-refractivity contribution < 1.29 is 14.3 Å². The Morgan fingerprint density at radius 1 is 1.05 bits per heavy atom. The Kier molecular flexibility index (Phi) is 4.94. The van der Waals surface area contributed by atoms with Crippen LogP contribution in [-0.2, 0) is 4.79 Å². The molecule has 0 saturated heterocycles. The monoisotopic (exact) mass is 297 g/mol. The summed E-state index contributed by atoms with van der Waals surface area (Å²) in [4.78, 5) is 23.2. The number of hydrogen-bond acceptors (Lipinski definition) is 3. The van der Waals surface area contributed by atoms with E-state index in [1.807, 2.05) is 32.0 Å². The highest BCUT2D eigenvalue weighted by Crippen LogP contribution is 2.16. The molecule has 22 heavy (non-hydrogen) atoms. The van der Waals surface area contributed by atoms with Gasteiger partial charge in [-0.25, -0.2) is 0 Å². The maximum atomic E-state index is 11.9. The van der Waals surface area contributed by atoms with Gasteiger partial charge in [-0.15, -0.1) is 0 Å². The van der Waals surface area contributed by atoms with Crippen molar-refractivity contribution in [2.45, 2.75) is 20.8 Å². The van der Waals surface area contributed by atoms with Gasteiger partial charge in [-0.1, -0.05) is 18.2 Å². The second-order valence-electron chi connectivity index (χ2n) is 5.22. The van der Waals surface area contributed by atoms with E-state index in [-0.39, 0.29) is 18.3 Å². The molecule has 0 spiro atoms. The first-order valence-electron chi connectivity index (χ1n) is 7.06. The molecule has 1 amide bonds. The standard InChI is InChI=1S/C18H19NO3/c1-12-7-8-17(9-13(12)2)22-11-18(21)19-16-6-4-5-15(10-16)14(3)20/h4-10H,11H2,1-3H3,(H,19,21). The molecule has 0 fully saturated rings. The lowest BCUT2D eigenvalue weighted by Gasteiger charge is -2.09. The van der Waals surface area contributed by atoms with Crippen LogP contribution >= 0.6 is 0 Å². The van der Waals surface area contributed by atoms with Gasteiger partial charge in [0, 0.05) is 11.3 Å². The minimum absolute atomic E-state index is 0.0394. The highest BCUT2D eigenvalue weighted by atomic mass is 16.5. The lowest BCUT2D eigenvalue weighted by molar-refractivity contribution is -0.118. The van der Waals surface area contributed by atoms with Gasteiger partial charge in [0.2, 0.25) is 0 Å². The molecule has 0 heterocycles. The fourth-order valence-corrected chi connectivity index (χ4v) is 1.97. The normalized spacial score (nSPS) is 10.1. The van der Waals surface area contributed by atoms with Crippen LogP contribution in [0.2, 0.25) is 0 Å². The maximum Gasteiger partial charge on any atom is 0.262 e. The number of Topliss-reactive ketones (excluding diaryl/α,β-unsaturated/α-hetero) is 1. The summed E-state index contributed by atoms with van der Waals surface area (Å²) in [6.45, 7) is 5.43. The third kappa shape index (κ3) is 4.19. The van der Waals surface area contributed by atoms with E-state index in [9.17, 15) is 9.59 Å². The third-order valence-corrected chi connectivity index (χ3v) is 3.40. The molecule has 2 rings (SSSR count). The van der Waals surface area contributed by atoms with Crippen LogP contribution in [0.1, 0.15) is 28.4 Å². The second kappa shape index (κ2) is 6.89. The Morgan fingerprint density at radius 3 is 2.50 bits per heavy atom. The zero-order chi connectivity index (χ0) is 16.1. The molecule has 0 bridgehead atoms. The van der Waals surface area contributed by atoms with Gasteiger partial charge >= 0.3 is 0 Å². The van der Waals surface area contributed by atoms with Crippen LogP contribution in [0.3, 0.4) is 0 Å². The average molecular weight is 297 g/mol. The summed E-state index contributed by atoms with van der Waals surface area (Å²) in [6.07, 6.45) is 0. The van der Waals surface area contributed by atoms with Gasteiger partial charge in [0.15, 0.2) is 12.4 Å². The van der Waals surface area contributed by atoms with Crippen LogP contribution in [0.5, 0.6) is 5.75 Å². The lowest BCUT2D eigenvalue weighted by atomic mass is 10.1. The Morgan fingerprint density at radius 2 is 1.82 bits per heavy atom. The first-order valence-corrected chi connectivity index (χ1v) is 7.06. The minimum atomic E-state index is -0.265. The lowest BCUT2D eigenvalue weighted by Crippen LogP contribution is -2.20. The summed E-state index contributed by atoms with van der Waals surface area (Å²) in [5.74, 6) is 0.358. The van der Waals surface area contributed by atoms with Gasteiger partial charge in [0.1, 0.15) is 5.75 Å². The van der Waals surface area contributed by atoms with Crippen LogP contribution < -0.4 is 10.1 Å². The van der Waals surface area contributed by atoms with Crippen LogP contribution in [-0.4, -0.2) is 18.3 Å². The molecule has 2 aromatic carbocycles. The van der Waals surface area contributed by atoms with E-state index in [2.05, 4.69) is 5.32 Å². The first kappa shape index (κ1) is 15.8. The number of rotatable bonds is 5. The number of ether oxygens (including phenoxy) is 1. The van der Waals surface area contributed by atoms with E-state index >= 15 is 0 Å². The van der Waals surface area contributed by atoms with Crippen LogP contribution in [0.25, 0.3) is 0 Å². The number of carbonyl (C=O) groups is 2. The molecule has 4 heteroatoms. The van der Waals surface area contributed by atoms with Crippen LogP contribution in [0.4, 0.5) is 5.69 Å². The Labute approximate surface area is 130 Å². The van der Waals surface area contributed by atoms with Crippen molar-refractivity contribution in [1.29, 1.82) is 0 Å². The molecule has 0 unspecified atom stereocenters. The minimum Gasteiger partial charge on any atom is -0.484 e. The second-order valence-corrected chi connectivity index (χ2v) is 5.22. The number of aryl methyl sites for hydroxylation is 2. The van der Waals surface area contributed by atoms with Crippen LogP contribution in [0, 0.1) is 13.8 Å². The van der Waals surface area contributed by atoms with Crippen molar-refractivity contribution in [2.75, 3.05) is 11.9 Å². The third-order valence-electron chi connectivity index (χ3n) is 3.40. The topological polar surface area (TPSA) is 55.4 Å². The van der Waals surface area contributed by atoms with Gasteiger partial charge < -0.3 is 10.1 Å². The van der Waals surface area contributed by atoms with Crippen molar-refractivity contribution in [3.63, 3.8) is 0 Å². The number of amides is 1. The van der Waals surface area contributed by atoms with Crippen LogP contribution in [0.15, 0.2) is 42.5 Å². The molecule has 0 saturated carbocycles. The van der Waals surface area contributed by atoms with Crippen molar-refractivity contribution in [3.8, 4) is 5.75 Å². The Balaban J connectivity index is 1.94. The summed E-state index contributed by atoms with van der Waals surface area (Å²) >= 11 is 0. The van der Waals surface area contributed by atoms with E-state index < -0.39 is 0 Å². The van der Waals surface area contributed by atoms with Gasteiger partial charge in [-0.05, 0) is 56.2 Å². The smallest absolute Gasteiger partial charge is 0.262 e. The molecule has 4 nitrogen and oxygen atoms in total. The molecule has 0 radical (unpaired) electrons. The largest absolute Gasteiger partial charge is 0.484 e. The summed E-state index contributed by atoms with van der Waals surface area (Å²) in [7, 11) is 0. The van der Waals surface area contributed by atoms with Gasteiger partial charge in [0.05, 0.1) is 0 Å². The number of ketones is 1. The summed E-state index contributed by atoms with van der Waals surface area (Å²) in [5.41, 5.74) is 3.44. The van der Waals surface area contributed by atoms with Gasteiger partial charge in [-0.3, -0.25) is 9.59 Å². The number of benzene rings is 2. The summed E-state index contributed by atoms with van der Waals surface area (Å²) < 4.78 is 5.47. The Hall–Kier alpha value is -2.62. The molecule has 114 valence electrons. The molecule has 0 aliphatic carbocycles. The molecule has 2 aromatic rings. The zero-order valence-corrected chi connectivity index (χ0v) is 13.0. The maximum absolute atomic E-state index is 11.9. The number of nitrogens with one attached hydrogen (secondary N) is 1. The number of anilines is 1. The average Bonchev–Trinajstić information content (AvgIpc) is 2.49. The molecule has 0 aliphatic rings. The van der Waals surface area contributed by atoms with E-state index in [0.717, 1.165) is 5.56 Å². The fourth-order valence-electron chi connectivity index (χ4n) is 1.97. The predicted octanol–water partition coefficient (Wildman–Crippen LogP) is 3.52. The SMILES string of the molecule is CC(=O)c1cccc(NC(=O)COc2ccc(C)c(C)c2)c1.